The van der Waals surface area contributed by atoms with Gasteiger partial charge in [0, 0.05) is 23.2 Å². The molecule has 108 valence electrons. The van der Waals surface area contributed by atoms with Crippen molar-refractivity contribution < 1.29 is 0 Å². The minimum atomic E-state index is 0.490. The molecule has 0 saturated carbocycles. The predicted octanol–water partition coefficient (Wildman–Crippen LogP) is 4.35. The van der Waals surface area contributed by atoms with Gasteiger partial charge in [-0.15, -0.1) is 11.8 Å². The minimum absolute atomic E-state index is 0.490. The van der Waals surface area contributed by atoms with Crippen LogP contribution in [0.1, 0.15) is 30.5 Å². The second-order valence-corrected chi connectivity index (χ2v) is 6.29. The van der Waals surface area contributed by atoms with Gasteiger partial charge in [-0.3, -0.25) is 0 Å². The molecule has 0 aromatic heterocycles. The Kier molecular flexibility index (Phi) is 5.86. The molecule has 2 aromatic rings. The Labute approximate surface area is 131 Å². The molecule has 3 heteroatoms. The molecule has 2 nitrogen and oxygen atoms in total. The lowest BCUT2D eigenvalue weighted by molar-refractivity contribution is 0.588. The van der Waals surface area contributed by atoms with E-state index in [9.17, 15) is 0 Å². The average molecular weight is 296 g/mol. The van der Waals surface area contributed by atoms with E-state index in [1.54, 1.807) is 11.8 Å². The standard InChI is InChI=1S/C18H20N2S/c1-14(2)20-12-15-6-5-9-18(10-15)21-13-17-8-4-3-7-16(17)11-19/h3-10,14,20H,12-13H2,1-2H3. The van der Waals surface area contributed by atoms with E-state index >= 15 is 0 Å². The van der Waals surface area contributed by atoms with Crippen molar-refractivity contribution in [3.05, 3.63) is 65.2 Å². The van der Waals surface area contributed by atoms with Crippen LogP contribution in [-0.4, -0.2) is 6.04 Å². The van der Waals surface area contributed by atoms with Crippen LogP contribution < -0.4 is 5.32 Å². The molecule has 0 atom stereocenters. The molecule has 0 saturated heterocycles. The normalized spacial score (nSPS) is 10.6. The van der Waals surface area contributed by atoms with Crippen molar-refractivity contribution in [3.8, 4) is 6.07 Å². The van der Waals surface area contributed by atoms with Gasteiger partial charge in [0.15, 0.2) is 0 Å². The van der Waals surface area contributed by atoms with Crippen molar-refractivity contribution in [3.63, 3.8) is 0 Å². The van der Waals surface area contributed by atoms with Crippen LogP contribution in [-0.2, 0) is 12.3 Å². The molecule has 0 aliphatic rings. The summed E-state index contributed by atoms with van der Waals surface area (Å²) in [5.41, 5.74) is 3.15. The zero-order chi connectivity index (χ0) is 15.1. The zero-order valence-electron chi connectivity index (χ0n) is 12.5. The van der Waals surface area contributed by atoms with E-state index in [0.717, 1.165) is 23.4 Å². The first-order chi connectivity index (χ1) is 10.2. The third-order valence-corrected chi connectivity index (χ3v) is 4.19. The Morgan fingerprint density at radius 1 is 1.14 bits per heavy atom. The summed E-state index contributed by atoms with van der Waals surface area (Å²) >= 11 is 1.77. The summed E-state index contributed by atoms with van der Waals surface area (Å²) in [6, 6.07) is 19.1. The molecule has 2 aromatic carbocycles. The van der Waals surface area contributed by atoms with Crippen LogP contribution in [0.15, 0.2) is 53.4 Å². The molecule has 0 aliphatic heterocycles. The Balaban J connectivity index is 2.00. The minimum Gasteiger partial charge on any atom is -0.310 e. The van der Waals surface area contributed by atoms with Crippen LogP contribution in [0.2, 0.25) is 0 Å². The van der Waals surface area contributed by atoms with Crippen molar-refractivity contribution in [1.29, 1.82) is 5.26 Å². The van der Waals surface area contributed by atoms with E-state index in [4.69, 9.17) is 5.26 Å². The van der Waals surface area contributed by atoms with Crippen LogP contribution in [0.3, 0.4) is 0 Å². The predicted molar refractivity (Wildman–Crippen MR) is 89.1 cm³/mol. The number of hydrogen-bond donors (Lipinski definition) is 1. The van der Waals surface area contributed by atoms with Crippen LogP contribution in [0.25, 0.3) is 0 Å². The van der Waals surface area contributed by atoms with Crippen LogP contribution in [0.4, 0.5) is 0 Å². The second kappa shape index (κ2) is 7.87. The fourth-order valence-electron chi connectivity index (χ4n) is 1.98. The monoisotopic (exact) mass is 296 g/mol. The lowest BCUT2D eigenvalue weighted by Crippen LogP contribution is -2.21. The highest BCUT2D eigenvalue weighted by Crippen LogP contribution is 2.25. The van der Waals surface area contributed by atoms with Gasteiger partial charge >= 0.3 is 0 Å². The molecule has 0 heterocycles. The van der Waals surface area contributed by atoms with Crippen LogP contribution >= 0.6 is 11.8 Å². The molecular weight excluding hydrogens is 276 g/mol. The third kappa shape index (κ3) is 4.93. The topological polar surface area (TPSA) is 35.8 Å². The van der Waals surface area contributed by atoms with Crippen molar-refractivity contribution in [2.45, 2.75) is 37.1 Å². The molecule has 0 spiro atoms. The Morgan fingerprint density at radius 3 is 2.71 bits per heavy atom. The Hall–Kier alpha value is -1.76. The number of nitrogens with one attached hydrogen (secondary N) is 1. The van der Waals surface area contributed by atoms with Crippen LogP contribution in [0, 0.1) is 11.3 Å². The first-order valence-corrected chi connectivity index (χ1v) is 8.10. The van der Waals surface area contributed by atoms with Gasteiger partial charge in [0.1, 0.15) is 0 Å². The molecule has 21 heavy (non-hydrogen) atoms. The number of hydrogen-bond acceptors (Lipinski definition) is 3. The number of thioether (sulfide) groups is 1. The average Bonchev–Trinajstić information content (AvgIpc) is 2.51. The molecular formula is C18H20N2S. The maximum atomic E-state index is 9.11. The number of nitrogens with zero attached hydrogens (tertiary/aromatic N) is 1. The van der Waals surface area contributed by atoms with Crippen molar-refractivity contribution in [2.75, 3.05) is 0 Å². The molecule has 0 radical (unpaired) electrons. The summed E-state index contributed by atoms with van der Waals surface area (Å²) < 4.78 is 0. The lowest BCUT2D eigenvalue weighted by atomic mass is 10.1. The van der Waals surface area contributed by atoms with Gasteiger partial charge in [0.05, 0.1) is 11.6 Å². The second-order valence-electron chi connectivity index (χ2n) is 5.24. The molecule has 1 N–H and O–H groups in total. The van der Waals surface area contributed by atoms with Gasteiger partial charge in [-0.1, -0.05) is 44.2 Å². The summed E-state index contributed by atoms with van der Waals surface area (Å²) in [5, 5.41) is 12.5. The highest BCUT2D eigenvalue weighted by atomic mass is 32.2. The van der Waals surface area contributed by atoms with Crippen LogP contribution in [0.5, 0.6) is 0 Å². The van der Waals surface area contributed by atoms with E-state index in [2.05, 4.69) is 49.5 Å². The maximum Gasteiger partial charge on any atom is 0.0994 e. The van der Waals surface area contributed by atoms with Crippen molar-refractivity contribution >= 4 is 11.8 Å². The fraction of sp³-hybridized carbons (Fsp3) is 0.278. The SMILES string of the molecule is CC(C)NCc1cccc(SCc2ccccc2C#N)c1. The maximum absolute atomic E-state index is 9.11. The highest BCUT2D eigenvalue weighted by Gasteiger charge is 2.03. The van der Waals surface area contributed by atoms with Gasteiger partial charge < -0.3 is 5.32 Å². The molecule has 0 unspecified atom stereocenters. The summed E-state index contributed by atoms with van der Waals surface area (Å²) in [6.07, 6.45) is 0. The number of nitriles is 1. The van der Waals surface area contributed by atoms with Gasteiger partial charge in [0.25, 0.3) is 0 Å². The molecule has 0 amide bonds. The molecule has 0 bridgehead atoms. The first kappa shape index (κ1) is 15.6. The first-order valence-electron chi connectivity index (χ1n) is 7.12. The number of rotatable bonds is 6. The summed E-state index contributed by atoms with van der Waals surface area (Å²) in [4.78, 5) is 1.24. The van der Waals surface area contributed by atoms with E-state index < -0.39 is 0 Å². The summed E-state index contributed by atoms with van der Waals surface area (Å²) in [6.45, 7) is 5.19. The molecule has 0 fully saturated rings. The van der Waals surface area contributed by atoms with Gasteiger partial charge in [0.2, 0.25) is 0 Å². The Bertz CT molecular complexity index is 629. The fourth-order valence-corrected chi connectivity index (χ4v) is 2.97. The largest absolute Gasteiger partial charge is 0.310 e. The third-order valence-electron chi connectivity index (χ3n) is 3.15. The van der Waals surface area contributed by atoms with Gasteiger partial charge in [-0.05, 0) is 29.3 Å². The van der Waals surface area contributed by atoms with Gasteiger partial charge in [-0.25, -0.2) is 0 Å². The van der Waals surface area contributed by atoms with Crippen molar-refractivity contribution in [2.24, 2.45) is 0 Å². The van der Waals surface area contributed by atoms with Crippen molar-refractivity contribution in [1.82, 2.24) is 5.32 Å². The van der Waals surface area contributed by atoms with E-state index in [-0.39, 0.29) is 0 Å². The van der Waals surface area contributed by atoms with E-state index in [1.807, 2.05) is 24.3 Å². The smallest absolute Gasteiger partial charge is 0.0994 e. The quantitative estimate of drug-likeness (QED) is 0.805. The molecule has 0 aliphatic carbocycles. The highest BCUT2D eigenvalue weighted by molar-refractivity contribution is 7.98. The van der Waals surface area contributed by atoms with E-state index in [1.165, 1.54) is 10.5 Å². The Morgan fingerprint density at radius 2 is 1.95 bits per heavy atom. The van der Waals surface area contributed by atoms with Gasteiger partial charge in [-0.2, -0.15) is 5.26 Å². The summed E-state index contributed by atoms with van der Waals surface area (Å²) in [5.74, 6) is 0.824. The lowest BCUT2D eigenvalue weighted by Gasteiger charge is -2.09. The summed E-state index contributed by atoms with van der Waals surface area (Å²) in [7, 11) is 0. The number of benzene rings is 2. The zero-order valence-corrected chi connectivity index (χ0v) is 13.3. The molecule has 2 rings (SSSR count). The van der Waals surface area contributed by atoms with E-state index in [0.29, 0.717) is 6.04 Å².